The third-order valence-corrected chi connectivity index (χ3v) is 2.26. The Hall–Kier alpha value is -1.43. The lowest BCUT2D eigenvalue weighted by Gasteiger charge is -2.03. The lowest BCUT2D eigenvalue weighted by atomic mass is 10.2. The molecule has 6 heteroatoms. The number of carbonyl (C=O) groups is 1. The molecule has 0 amide bonds. The van der Waals surface area contributed by atoms with E-state index < -0.39 is 4.92 Å². The molecule has 0 atom stereocenters. The van der Waals surface area contributed by atoms with Crippen LogP contribution < -0.4 is 4.74 Å². The summed E-state index contributed by atoms with van der Waals surface area (Å²) in [5, 5.41) is 10.5. The molecule has 74 valence electrons. The van der Waals surface area contributed by atoms with Crippen molar-refractivity contribution >= 4 is 27.9 Å². The molecule has 0 aromatic heterocycles. The molecule has 0 bridgehead atoms. The van der Waals surface area contributed by atoms with Crippen LogP contribution >= 0.6 is 15.9 Å². The average molecular weight is 260 g/mol. The van der Waals surface area contributed by atoms with Crippen LogP contribution in [0.15, 0.2) is 16.6 Å². The molecule has 0 saturated carbocycles. The van der Waals surface area contributed by atoms with E-state index in [1.165, 1.54) is 13.2 Å². The molecule has 0 aliphatic carbocycles. The number of rotatable bonds is 3. The zero-order valence-corrected chi connectivity index (χ0v) is 8.78. The van der Waals surface area contributed by atoms with Crippen LogP contribution in [-0.4, -0.2) is 18.3 Å². The maximum atomic E-state index is 10.6. The number of hydrogen-bond donors (Lipinski definition) is 0. The van der Waals surface area contributed by atoms with Gasteiger partial charge in [0.1, 0.15) is 5.75 Å². The maximum absolute atomic E-state index is 10.6. The highest BCUT2D eigenvalue weighted by Crippen LogP contribution is 2.31. The van der Waals surface area contributed by atoms with E-state index >= 15 is 0 Å². The first-order valence-corrected chi connectivity index (χ1v) is 4.36. The van der Waals surface area contributed by atoms with E-state index in [2.05, 4.69) is 15.9 Å². The second kappa shape index (κ2) is 4.19. The standard InChI is InChI=1S/C8H6BrNO4/c1-14-8-3-6(9)7(10(12)13)2-5(8)4-11/h2-4H,1H3. The van der Waals surface area contributed by atoms with Crippen LogP contribution in [-0.2, 0) is 0 Å². The summed E-state index contributed by atoms with van der Waals surface area (Å²) in [6.45, 7) is 0. The van der Waals surface area contributed by atoms with E-state index in [4.69, 9.17) is 4.74 Å². The molecule has 0 heterocycles. The van der Waals surface area contributed by atoms with Crippen LogP contribution in [0.4, 0.5) is 5.69 Å². The zero-order valence-electron chi connectivity index (χ0n) is 7.19. The fraction of sp³-hybridized carbons (Fsp3) is 0.125. The van der Waals surface area contributed by atoms with Crippen molar-refractivity contribution in [3.8, 4) is 5.75 Å². The van der Waals surface area contributed by atoms with Crippen LogP contribution in [0.2, 0.25) is 0 Å². The van der Waals surface area contributed by atoms with Gasteiger partial charge in [-0.2, -0.15) is 0 Å². The van der Waals surface area contributed by atoms with Crippen molar-refractivity contribution in [3.05, 3.63) is 32.3 Å². The summed E-state index contributed by atoms with van der Waals surface area (Å²) < 4.78 is 5.15. The van der Waals surface area contributed by atoms with Crippen LogP contribution in [0.1, 0.15) is 10.4 Å². The van der Waals surface area contributed by atoms with Gasteiger partial charge in [0.05, 0.1) is 22.1 Å². The summed E-state index contributed by atoms with van der Waals surface area (Å²) in [7, 11) is 1.39. The van der Waals surface area contributed by atoms with Gasteiger partial charge < -0.3 is 4.74 Å². The van der Waals surface area contributed by atoms with Crippen molar-refractivity contribution in [2.24, 2.45) is 0 Å². The second-order valence-electron chi connectivity index (χ2n) is 2.42. The van der Waals surface area contributed by atoms with Gasteiger partial charge in [0.2, 0.25) is 0 Å². The quantitative estimate of drug-likeness (QED) is 0.474. The van der Waals surface area contributed by atoms with E-state index in [0.29, 0.717) is 12.0 Å². The van der Waals surface area contributed by atoms with Crippen molar-refractivity contribution in [2.45, 2.75) is 0 Å². The number of nitro benzene ring substituents is 1. The first-order chi connectivity index (χ1) is 6.60. The smallest absolute Gasteiger partial charge is 0.284 e. The summed E-state index contributed by atoms with van der Waals surface area (Å²) in [4.78, 5) is 20.5. The van der Waals surface area contributed by atoms with Gasteiger partial charge >= 0.3 is 0 Å². The Morgan fingerprint density at radius 3 is 2.64 bits per heavy atom. The molecule has 0 aliphatic rings. The maximum Gasteiger partial charge on any atom is 0.284 e. The Morgan fingerprint density at radius 1 is 1.57 bits per heavy atom. The van der Waals surface area contributed by atoms with E-state index in [1.807, 2.05) is 0 Å². The minimum atomic E-state index is -0.573. The van der Waals surface area contributed by atoms with Crippen LogP contribution in [0.25, 0.3) is 0 Å². The number of halogens is 1. The van der Waals surface area contributed by atoms with Crippen molar-refractivity contribution in [2.75, 3.05) is 7.11 Å². The molecule has 0 radical (unpaired) electrons. The van der Waals surface area contributed by atoms with Crippen LogP contribution in [0.3, 0.4) is 0 Å². The van der Waals surface area contributed by atoms with Gasteiger partial charge in [0.15, 0.2) is 6.29 Å². The molecule has 0 unspecified atom stereocenters. The van der Waals surface area contributed by atoms with Crippen LogP contribution in [0.5, 0.6) is 5.75 Å². The zero-order chi connectivity index (χ0) is 10.7. The third-order valence-electron chi connectivity index (χ3n) is 1.62. The van der Waals surface area contributed by atoms with E-state index in [0.717, 1.165) is 6.07 Å². The van der Waals surface area contributed by atoms with E-state index in [9.17, 15) is 14.9 Å². The highest BCUT2D eigenvalue weighted by atomic mass is 79.9. The minimum Gasteiger partial charge on any atom is -0.496 e. The van der Waals surface area contributed by atoms with Gasteiger partial charge in [-0.05, 0) is 15.9 Å². The van der Waals surface area contributed by atoms with Gasteiger partial charge in [-0.1, -0.05) is 0 Å². The fourth-order valence-electron chi connectivity index (χ4n) is 0.969. The highest BCUT2D eigenvalue weighted by molar-refractivity contribution is 9.10. The predicted molar refractivity (Wildman–Crippen MR) is 52.7 cm³/mol. The topological polar surface area (TPSA) is 69.4 Å². The number of ether oxygens (including phenoxy) is 1. The Kier molecular flexibility index (Phi) is 3.19. The molecule has 1 aromatic rings. The summed E-state index contributed by atoms with van der Waals surface area (Å²) in [5.74, 6) is 0.303. The van der Waals surface area contributed by atoms with Gasteiger partial charge in [-0.25, -0.2) is 0 Å². The molecular weight excluding hydrogens is 254 g/mol. The Balaban J connectivity index is 3.37. The third kappa shape index (κ3) is 1.90. The first-order valence-electron chi connectivity index (χ1n) is 3.57. The normalized spacial score (nSPS) is 9.57. The molecule has 1 aromatic carbocycles. The molecule has 14 heavy (non-hydrogen) atoms. The Bertz CT molecular complexity index is 391. The summed E-state index contributed by atoms with van der Waals surface area (Å²) in [6, 6.07) is 2.55. The minimum absolute atomic E-state index is 0.155. The van der Waals surface area contributed by atoms with Gasteiger partial charge in [-0.15, -0.1) is 0 Å². The van der Waals surface area contributed by atoms with Gasteiger partial charge in [0.25, 0.3) is 5.69 Å². The monoisotopic (exact) mass is 259 g/mol. The molecule has 0 saturated heterocycles. The van der Waals surface area contributed by atoms with Crippen molar-refractivity contribution in [1.29, 1.82) is 0 Å². The van der Waals surface area contributed by atoms with Crippen LogP contribution in [0, 0.1) is 10.1 Å². The molecule has 0 N–H and O–H groups in total. The van der Waals surface area contributed by atoms with Crippen molar-refractivity contribution < 1.29 is 14.5 Å². The van der Waals surface area contributed by atoms with E-state index in [-0.39, 0.29) is 15.7 Å². The molecule has 0 spiro atoms. The Labute approximate surface area is 88.0 Å². The lowest BCUT2D eigenvalue weighted by molar-refractivity contribution is -0.385. The molecule has 0 aliphatic heterocycles. The number of benzene rings is 1. The molecular formula is C8H6BrNO4. The van der Waals surface area contributed by atoms with Crippen molar-refractivity contribution in [3.63, 3.8) is 0 Å². The molecule has 5 nitrogen and oxygen atoms in total. The molecule has 1 rings (SSSR count). The largest absolute Gasteiger partial charge is 0.496 e. The number of nitrogens with zero attached hydrogens (tertiary/aromatic N) is 1. The lowest BCUT2D eigenvalue weighted by Crippen LogP contribution is -1.95. The number of hydrogen-bond acceptors (Lipinski definition) is 4. The number of nitro groups is 1. The molecule has 0 fully saturated rings. The number of carbonyl (C=O) groups excluding carboxylic acids is 1. The average Bonchev–Trinajstić information content (AvgIpc) is 2.16. The SMILES string of the molecule is COc1cc(Br)c([N+](=O)[O-])cc1C=O. The number of methoxy groups -OCH3 is 1. The predicted octanol–water partition coefficient (Wildman–Crippen LogP) is 2.18. The number of aldehydes is 1. The summed E-state index contributed by atoms with van der Waals surface area (Å²) >= 11 is 3.01. The van der Waals surface area contributed by atoms with Gasteiger partial charge in [-0.3, -0.25) is 14.9 Å². The second-order valence-corrected chi connectivity index (χ2v) is 3.27. The Morgan fingerprint density at radius 2 is 2.21 bits per heavy atom. The fourth-order valence-corrected chi connectivity index (χ4v) is 1.44. The summed E-state index contributed by atoms with van der Waals surface area (Å²) in [5.41, 5.74) is -0.00435. The van der Waals surface area contributed by atoms with Crippen molar-refractivity contribution in [1.82, 2.24) is 0 Å². The van der Waals surface area contributed by atoms with Gasteiger partial charge in [0, 0.05) is 12.1 Å². The summed E-state index contributed by atoms with van der Waals surface area (Å²) in [6.07, 6.45) is 0.512. The van der Waals surface area contributed by atoms with E-state index in [1.54, 1.807) is 0 Å². The highest BCUT2D eigenvalue weighted by Gasteiger charge is 2.16. The first kappa shape index (κ1) is 10.6.